The van der Waals surface area contributed by atoms with E-state index in [1.807, 2.05) is 60.7 Å². The van der Waals surface area contributed by atoms with Crippen LogP contribution in [0, 0.1) is 0 Å². The van der Waals surface area contributed by atoms with Crippen LogP contribution in [0.15, 0.2) is 107 Å². The summed E-state index contributed by atoms with van der Waals surface area (Å²) in [6.07, 6.45) is 0. The fourth-order valence-electron chi connectivity index (χ4n) is 4.21. The molecule has 9 nitrogen and oxygen atoms in total. The van der Waals surface area contributed by atoms with Crippen molar-refractivity contribution in [3.05, 3.63) is 113 Å². The fraction of sp³-hybridized carbons (Fsp3) is 0. The van der Waals surface area contributed by atoms with Crippen molar-refractivity contribution >= 4 is 49.6 Å². The lowest BCUT2D eigenvalue weighted by Crippen LogP contribution is -2.30. The molecule has 0 bridgehead atoms. The minimum absolute atomic E-state index is 0.0298. The van der Waals surface area contributed by atoms with Crippen LogP contribution in [0.3, 0.4) is 0 Å². The Hall–Kier alpha value is -4.61. The van der Waals surface area contributed by atoms with Crippen LogP contribution in [0.1, 0.15) is 10.4 Å². The molecule has 0 saturated carbocycles. The second kappa shape index (κ2) is 8.80. The maximum Gasteiger partial charge on any atom is 0.279 e. The van der Waals surface area contributed by atoms with E-state index in [4.69, 9.17) is 0 Å². The molecule has 182 valence electrons. The van der Waals surface area contributed by atoms with Crippen LogP contribution in [0.4, 0.5) is 0 Å². The molecule has 0 fully saturated rings. The van der Waals surface area contributed by atoms with Crippen molar-refractivity contribution in [1.82, 2.24) is 22.8 Å². The van der Waals surface area contributed by atoms with Crippen molar-refractivity contribution in [3.8, 4) is 11.4 Å². The number of amides is 1. The Labute approximate surface area is 214 Å². The van der Waals surface area contributed by atoms with Crippen LogP contribution in [0.25, 0.3) is 33.3 Å². The first kappa shape index (κ1) is 22.8. The van der Waals surface area contributed by atoms with Gasteiger partial charge in [-0.3, -0.25) is 9.59 Å². The van der Waals surface area contributed by atoms with Crippen molar-refractivity contribution in [3.63, 3.8) is 0 Å². The van der Waals surface area contributed by atoms with Gasteiger partial charge in [-0.05, 0) is 54.6 Å². The second-order valence-corrected chi connectivity index (χ2v) is 10.3. The summed E-state index contributed by atoms with van der Waals surface area (Å²) in [6.45, 7) is 0. The highest BCUT2D eigenvalue weighted by Crippen LogP contribution is 2.23. The monoisotopic (exact) mass is 527 g/mol. The lowest BCUT2D eigenvalue weighted by molar-refractivity contribution is 0.0981. The van der Waals surface area contributed by atoms with Crippen molar-refractivity contribution in [2.75, 3.05) is 0 Å². The van der Waals surface area contributed by atoms with Gasteiger partial charge >= 0.3 is 0 Å². The molecule has 1 N–H and O–H groups in total. The van der Waals surface area contributed by atoms with E-state index in [-0.39, 0.29) is 26.9 Å². The number of para-hydroxylation sites is 2. The Morgan fingerprint density at radius 1 is 0.784 bits per heavy atom. The summed E-state index contributed by atoms with van der Waals surface area (Å²) in [5, 5.41) is 0.267. The maximum atomic E-state index is 13.6. The molecule has 11 heteroatoms. The number of nitrogens with one attached hydrogen (secondary N) is 1. The largest absolute Gasteiger partial charge is 0.279 e. The number of carbonyl (C=O) groups is 1. The molecule has 0 unspecified atom stereocenters. The first-order chi connectivity index (χ1) is 17.9. The number of benzene rings is 4. The number of carbonyl (C=O) groups excluding carboxylic acids is 1. The zero-order chi connectivity index (χ0) is 25.6. The Kier molecular flexibility index (Phi) is 5.43. The smallest absolute Gasteiger partial charge is 0.268 e. The summed E-state index contributed by atoms with van der Waals surface area (Å²) < 4.78 is 39.5. The SMILES string of the molecule is O=C(NS(=O)(=O)c1cccc2nsnc12)c1ccc2c(c1)c(=O)n(-c1ccccc1)n2-c1ccccc1. The molecule has 6 aromatic rings. The molecule has 2 heterocycles. The normalized spacial score (nSPS) is 11.7. The van der Waals surface area contributed by atoms with E-state index in [1.165, 1.54) is 28.9 Å². The third kappa shape index (κ3) is 3.90. The van der Waals surface area contributed by atoms with E-state index in [0.717, 1.165) is 17.4 Å². The first-order valence-electron chi connectivity index (χ1n) is 11.1. The average molecular weight is 528 g/mol. The molecule has 0 spiro atoms. The quantitative estimate of drug-likeness (QED) is 0.364. The van der Waals surface area contributed by atoms with Crippen LogP contribution in [0.2, 0.25) is 0 Å². The molecule has 6 rings (SSSR count). The zero-order valence-electron chi connectivity index (χ0n) is 19.0. The van der Waals surface area contributed by atoms with Gasteiger partial charge in [0, 0.05) is 5.56 Å². The molecule has 1 amide bonds. The molecular weight excluding hydrogens is 510 g/mol. The van der Waals surface area contributed by atoms with Crippen LogP contribution in [-0.4, -0.2) is 32.4 Å². The number of rotatable bonds is 5. The summed E-state index contributed by atoms with van der Waals surface area (Å²) in [4.78, 5) is 26.5. The predicted octanol–water partition coefficient (Wildman–Crippen LogP) is 3.90. The summed E-state index contributed by atoms with van der Waals surface area (Å²) in [5.74, 6) is -0.861. The van der Waals surface area contributed by atoms with Crippen molar-refractivity contribution in [2.24, 2.45) is 0 Å². The molecule has 0 aliphatic heterocycles. The second-order valence-electron chi connectivity index (χ2n) is 8.15. The van der Waals surface area contributed by atoms with Gasteiger partial charge in [-0.15, -0.1) is 0 Å². The van der Waals surface area contributed by atoms with E-state index >= 15 is 0 Å². The maximum absolute atomic E-state index is 13.6. The highest BCUT2D eigenvalue weighted by atomic mass is 32.2. The lowest BCUT2D eigenvalue weighted by Gasteiger charge is -2.13. The Morgan fingerprint density at radius 2 is 1.46 bits per heavy atom. The number of hydrogen-bond acceptors (Lipinski definition) is 7. The van der Waals surface area contributed by atoms with Gasteiger partial charge < -0.3 is 0 Å². The van der Waals surface area contributed by atoms with Crippen molar-refractivity contribution < 1.29 is 13.2 Å². The lowest BCUT2D eigenvalue weighted by atomic mass is 10.1. The zero-order valence-corrected chi connectivity index (χ0v) is 20.6. The van der Waals surface area contributed by atoms with Gasteiger partial charge in [0.05, 0.1) is 34.0 Å². The summed E-state index contributed by atoms with van der Waals surface area (Å²) in [7, 11) is -4.24. The molecule has 2 aromatic heterocycles. The summed E-state index contributed by atoms with van der Waals surface area (Å²) in [5.41, 5.74) is 2.26. The highest BCUT2D eigenvalue weighted by molar-refractivity contribution is 7.90. The van der Waals surface area contributed by atoms with E-state index in [1.54, 1.807) is 16.8 Å². The molecule has 0 atom stereocenters. The Balaban J connectivity index is 1.46. The van der Waals surface area contributed by atoms with Gasteiger partial charge in [-0.1, -0.05) is 42.5 Å². The summed E-state index contributed by atoms with van der Waals surface area (Å²) >= 11 is 0.885. The Bertz CT molecular complexity index is 1960. The molecular formula is C26H17N5O4S2. The van der Waals surface area contributed by atoms with Gasteiger partial charge in [0.25, 0.3) is 21.5 Å². The van der Waals surface area contributed by atoms with Gasteiger partial charge in [-0.2, -0.15) is 8.75 Å². The number of nitrogens with zero attached hydrogens (tertiary/aromatic N) is 4. The van der Waals surface area contributed by atoms with E-state index < -0.39 is 15.9 Å². The van der Waals surface area contributed by atoms with Crippen LogP contribution >= 0.6 is 11.7 Å². The van der Waals surface area contributed by atoms with Crippen molar-refractivity contribution in [2.45, 2.75) is 4.90 Å². The van der Waals surface area contributed by atoms with Crippen LogP contribution in [-0.2, 0) is 10.0 Å². The number of hydrogen-bond donors (Lipinski definition) is 1. The third-order valence-electron chi connectivity index (χ3n) is 5.88. The third-order valence-corrected chi connectivity index (χ3v) is 7.78. The molecule has 0 aliphatic carbocycles. The Morgan fingerprint density at radius 3 is 2.16 bits per heavy atom. The molecule has 0 saturated heterocycles. The topological polar surface area (TPSA) is 116 Å². The molecule has 4 aromatic carbocycles. The summed E-state index contributed by atoms with van der Waals surface area (Å²) in [6, 6.07) is 27.6. The number of aromatic nitrogens is 4. The average Bonchev–Trinajstić information content (AvgIpc) is 3.51. The fourth-order valence-corrected chi connectivity index (χ4v) is 5.95. The molecule has 0 aliphatic rings. The van der Waals surface area contributed by atoms with E-state index in [0.29, 0.717) is 16.7 Å². The number of fused-ring (bicyclic) bond motifs is 2. The van der Waals surface area contributed by atoms with Crippen LogP contribution < -0.4 is 10.3 Å². The molecule has 37 heavy (non-hydrogen) atoms. The number of sulfonamides is 1. The van der Waals surface area contributed by atoms with Crippen molar-refractivity contribution in [1.29, 1.82) is 0 Å². The van der Waals surface area contributed by atoms with E-state index in [2.05, 4.69) is 13.5 Å². The van der Waals surface area contributed by atoms with Gasteiger partial charge in [0.15, 0.2) is 0 Å². The standard InChI is InChI=1S/C26H17N5O4S2/c32-25(29-37(34,35)23-13-7-12-21-24(23)28-36-27-21)17-14-15-22-20(16-17)26(33)31(19-10-5-2-6-11-19)30(22)18-8-3-1-4-9-18/h1-16H,(H,29,32). The van der Waals surface area contributed by atoms with Gasteiger partial charge in [0.2, 0.25) is 0 Å². The minimum atomic E-state index is -4.24. The van der Waals surface area contributed by atoms with Gasteiger partial charge in [0.1, 0.15) is 15.9 Å². The predicted molar refractivity (Wildman–Crippen MR) is 141 cm³/mol. The van der Waals surface area contributed by atoms with E-state index in [9.17, 15) is 18.0 Å². The van der Waals surface area contributed by atoms with Crippen LogP contribution in [0.5, 0.6) is 0 Å². The molecule has 0 radical (unpaired) electrons. The first-order valence-corrected chi connectivity index (χ1v) is 13.3. The highest BCUT2D eigenvalue weighted by Gasteiger charge is 2.24. The van der Waals surface area contributed by atoms with Gasteiger partial charge in [-0.25, -0.2) is 22.5 Å². The minimum Gasteiger partial charge on any atom is -0.268 e.